The summed E-state index contributed by atoms with van der Waals surface area (Å²) in [5.74, 6) is 0.144. The largest absolute Gasteiger partial charge is 0.396 e. The third kappa shape index (κ3) is 2.43. The molecule has 2 atom stereocenters. The summed E-state index contributed by atoms with van der Waals surface area (Å²) in [6.45, 7) is 0.152. The number of aromatic amines is 1. The summed E-state index contributed by atoms with van der Waals surface area (Å²) in [6, 6.07) is 7.89. The second-order valence-electron chi connectivity index (χ2n) is 5.55. The van der Waals surface area contributed by atoms with E-state index in [1.807, 2.05) is 24.3 Å². The first-order chi connectivity index (χ1) is 9.79. The number of carbonyl (C=O) groups is 1. The van der Waals surface area contributed by atoms with Gasteiger partial charge in [0.15, 0.2) is 0 Å². The van der Waals surface area contributed by atoms with Gasteiger partial charge >= 0.3 is 0 Å². The first-order valence-corrected chi connectivity index (χ1v) is 7.27. The van der Waals surface area contributed by atoms with Crippen LogP contribution in [0.5, 0.6) is 0 Å². The number of rotatable bonds is 3. The lowest BCUT2D eigenvalue weighted by atomic mass is 9.85. The number of aromatic nitrogens is 1. The maximum atomic E-state index is 12.4. The van der Waals surface area contributed by atoms with Crippen molar-refractivity contribution in [1.82, 2.24) is 10.3 Å². The minimum Gasteiger partial charge on any atom is -0.396 e. The van der Waals surface area contributed by atoms with Crippen molar-refractivity contribution in [3.63, 3.8) is 0 Å². The third-order valence-corrected chi connectivity index (χ3v) is 4.29. The Morgan fingerprint density at radius 3 is 2.95 bits per heavy atom. The molecular formula is C16H20N2O2. The van der Waals surface area contributed by atoms with Gasteiger partial charge in [-0.15, -0.1) is 0 Å². The predicted molar refractivity (Wildman–Crippen MR) is 78.6 cm³/mol. The molecule has 0 radical (unpaired) electrons. The van der Waals surface area contributed by atoms with Crippen LogP contribution in [-0.2, 0) is 0 Å². The number of carbonyl (C=O) groups excluding carboxylic acids is 1. The number of fused-ring (bicyclic) bond motifs is 1. The fraction of sp³-hybridized carbons (Fsp3) is 0.438. The zero-order valence-corrected chi connectivity index (χ0v) is 11.4. The molecule has 0 bridgehead atoms. The highest BCUT2D eigenvalue weighted by Gasteiger charge is 2.26. The molecule has 1 saturated carbocycles. The monoisotopic (exact) mass is 272 g/mol. The van der Waals surface area contributed by atoms with Crippen LogP contribution in [0, 0.1) is 5.92 Å². The molecule has 2 unspecified atom stereocenters. The number of hydrogen-bond acceptors (Lipinski definition) is 2. The van der Waals surface area contributed by atoms with E-state index in [1.165, 1.54) is 0 Å². The molecule has 4 heteroatoms. The number of hydrogen-bond donors (Lipinski definition) is 3. The molecule has 4 nitrogen and oxygen atoms in total. The van der Waals surface area contributed by atoms with Crippen molar-refractivity contribution in [3.05, 3.63) is 36.0 Å². The van der Waals surface area contributed by atoms with Crippen LogP contribution in [0.15, 0.2) is 30.5 Å². The molecule has 1 aliphatic carbocycles. The molecule has 106 valence electrons. The average molecular weight is 272 g/mol. The van der Waals surface area contributed by atoms with Crippen LogP contribution in [0.3, 0.4) is 0 Å². The van der Waals surface area contributed by atoms with Gasteiger partial charge in [0.05, 0.1) is 5.56 Å². The number of amides is 1. The second kappa shape index (κ2) is 5.67. The highest BCUT2D eigenvalue weighted by molar-refractivity contribution is 6.06. The van der Waals surface area contributed by atoms with Crippen molar-refractivity contribution in [1.29, 1.82) is 0 Å². The molecule has 3 N–H and O–H groups in total. The van der Waals surface area contributed by atoms with Crippen molar-refractivity contribution >= 4 is 16.8 Å². The van der Waals surface area contributed by atoms with Crippen molar-refractivity contribution < 1.29 is 9.90 Å². The van der Waals surface area contributed by atoms with E-state index in [0.29, 0.717) is 5.56 Å². The topological polar surface area (TPSA) is 65.1 Å². The van der Waals surface area contributed by atoms with Gasteiger partial charge in [0.2, 0.25) is 0 Å². The number of aliphatic hydroxyl groups is 1. The van der Waals surface area contributed by atoms with Gasteiger partial charge in [0.25, 0.3) is 5.91 Å². The summed E-state index contributed by atoms with van der Waals surface area (Å²) in [5, 5.41) is 13.5. The molecule has 2 aromatic rings. The van der Waals surface area contributed by atoms with Gasteiger partial charge in [-0.05, 0) is 18.9 Å². The summed E-state index contributed by atoms with van der Waals surface area (Å²) in [5.41, 5.74) is 1.66. The Labute approximate surface area is 118 Å². The zero-order valence-electron chi connectivity index (χ0n) is 11.4. The van der Waals surface area contributed by atoms with Gasteiger partial charge in [-0.2, -0.15) is 0 Å². The van der Waals surface area contributed by atoms with Crippen molar-refractivity contribution in [3.8, 4) is 0 Å². The molecule has 0 aliphatic heterocycles. The summed E-state index contributed by atoms with van der Waals surface area (Å²) in [6.07, 6.45) is 5.98. The van der Waals surface area contributed by atoms with E-state index in [9.17, 15) is 9.90 Å². The minimum atomic E-state index is -0.0483. The molecule has 1 aromatic heterocycles. The number of aliphatic hydroxyl groups excluding tert-OH is 1. The van der Waals surface area contributed by atoms with Crippen LogP contribution < -0.4 is 5.32 Å². The molecule has 1 aromatic carbocycles. The molecule has 20 heavy (non-hydrogen) atoms. The van der Waals surface area contributed by atoms with Crippen LogP contribution in [0.4, 0.5) is 0 Å². The van der Waals surface area contributed by atoms with E-state index in [0.717, 1.165) is 36.6 Å². The molecule has 1 aliphatic rings. The van der Waals surface area contributed by atoms with Gasteiger partial charge in [-0.25, -0.2) is 0 Å². The van der Waals surface area contributed by atoms with E-state index in [4.69, 9.17) is 0 Å². The van der Waals surface area contributed by atoms with Crippen molar-refractivity contribution in [2.75, 3.05) is 6.61 Å². The molecule has 1 fully saturated rings. The summed E-state index contributed by atoms with van der Waals surface area (Å²) in [4.78, 5) is 15.6. The molecule has 3 rings (SSSR count). The Hall–Kier alpha value is -1.81. The number of benzene rings is 1. The standard InChI is InChI=1S/C16H20N2O2/c19-10-11-5-1-3-7-14(11)18-16(20)13-9-17-15-8-4-2-6-12(13)15/h2,4,6,8-9,11,14,17,19H,1,3,5,7,10H2,(H,18,20). The first kappa shape index (κ1) is 13.2. The quantitative estimate of drug-likeness (QED) is 0.803. The van der Waals surface area contributed by atoms with Gasteiger partial charge in [-0.3, -0.25) is 4.79 Å². The highest BCUT2D eigenvalue weighted by Crippen LogP contribution is 2.25. The lowest BCUT2D eigenvalue weighted by molar-refractivity contribution is 0.0874. The van der Waals surface area contributed by atoms with E-state index in [1.54, 1.807) is 6.20 Å². The Morgan fingerprint density at radius 2 is 2.10 bits per heavy atom. The van der Waals surface area contributed by atoms with Crippen LogP contribution in [0.1, 0.15) is 36.0 Å². The lowest BCUT2D eigenvalue weighted by Gasteiger charge is -2.30. The normalized spacial score (nSPS) is 22.9. The number of nitrogens with one attached hydrogen (secondary N) is 2. The fourth-order valence-corrected chi connectivity index (χ4v) is 3.12. The van der Waals surface area contributed by atoms with Crippen molar-refractivity contribution in [2.45, 2.75) is 31.7 Å². The summed E-state index contributed by atoms with van der Waals surface area (Å²) >= 11 is 0. The van der Waals surface area contributed by atoms with Crippen LogP contribution >= 0.6 is 0 Å². The Bertz CT molecular complexity index is 605. The van der Waals surface area contributed by atoms with E-state index < -0.39 is 0 Å². The minimum absolute atomic E-state index is 0.0483. The molecule has 1 heterocycles. The van der Waals surface area contributed by atoms with Gasteiger partial charge in [0, 0.05) is 35.7 Å². The number of para-hydroxylation sites is 1. The van der Waals surface area contributed by atoms with Gasteiger partial charge < -0.3 is 15.4 Å². The lowest BCUT2D eigenvalue weighted by Crippen LogP contribution is -2.43. The summed E-state index contributed by atoms with van der Waals surface area (Å²) in [7, 11) is 0. The molecular weight excluding hydrogens is 252 g/mol. The molecule has 0 spiro atoms. The third-order valence-electron chi connectivity index (χ3n) is 4.29. The SMILES string of the molecule is O=C(NC1CCCCC1CO)c1c[nH]c2ccccc12. The number of H-pyrrole nitrogens is 1. The fourth-order valence-electron chi connectivity index (χ4n) is 3.12. The second-order valence-corrected chi connectivity index (χ2v) is 5.55. The maximum Gasteiger partial charge on any atom is 0.253 e. The maximum absolute atomic E-state index is 12.4. The average Bonchev–Trinajstić information content (AvgIpc) is 2.92. The van der Waals surface area contributed by atoms with Crippen LogP contribution in [0.2, 0.25) is 0 Å². The van der Waals surface area contributed by atoms with E-state index in [2.05, 4.69) is 10.3 Å². The van der Waals surface area contributed by atoms with E-state index >= 15 is 0 Å². The smallest absolute Gasteiger partial charge is 0.253 e. The molecule has 1 amide bonds. The Morgan fingerprint density at radius 1 is 1.30 bits per heavy atom. The predicted octanol–water partition coefficient (Wildman–Crippen LogP) is 2.45. The van der Waals surface area contributed by atoms with Gasteiger partial charge in [-0.1, -0.05) is 31.0 Å². The Kier molecular flexibility index (Phi) is 3.74. The van der Waals surface area contributed by atoms with Crippen LogP contribution in [0.25, 0.3) is 10.9 Å². The summed E-state index contributed by atoms with van der Waals surface area (Å²) < 4.78 is 0. The molecule has 0 saturated heterocycles. The zero-order chi connectivity index (χ0) is 13.9. The Balaban J connectivity index is 1.78. The van der Waals surface area contributed by atoms with E-state index in [-0.39, 0.29) is 24.5 Å². The highest BCUT2D eigenvalue weighted by atomic mass is 16.3. The van der Waals surface area contributed by atoms with Crippen LogP contribution in [-0.4, -0.2) is 28.6 Å². The van der Waals surface area contributed by atoms with Gasteiger partial charge in [0.1, 0.15) is 0 Å². The first-order valence-electron chi connectivity index (χ1n) is 7.27. The van der Waals surface area contributed by atoms with Crippen molar-refractivity contribution in [2.24, 2.45) is 5.92 Å².